The fraction of sp³-hybridized carbons (Fsp3) is 0.278. The van der Waals surface area contributed by atoms with Crippen molar-refractivity contribution in [3.8, 4) is 0 Å². The first-order valence-electron chi connectivity index (χ1n) is 7.62. The molecule has 0 aliphatic carbocycles. The van der Waals surface area contributed by atoms with Gasteiger partial charge in [-0.15, -0.1) is 0 Å². The molecule has 0 bridgehead atoms. The van der Waals surface area contributed by atoms with Crippen LogP contribution in [0.15, 0.2) is 47.4 Å². The van der Waals surface area contributed by atoms with E-state index in [1.807, 2.05) is 36.4 Å². The highest BCUT2D eigenvalue weighted by Crippen LogP contribution is 2.16. The maximum absolute atomic E-state index is 11.6. The lowest BCUT2D eigenvalue weighted by Gasteiger charge is -2.09. The molecule has 6 heteroatoms. The highest BCUT2D eigenvalue weighted by Gasteiger charge is 2.10. The second-order valence-corrected chi connectivity index (χ2v) is 7.84. The predicted octanol–water partition coefficient (Wildman–Crippen LogP) is 2.65. The molecule has 0 atom stereocenters. The number of rotatable bonds is 6. The van der Waals surface area contributed by atoms with E-state index in [2.05, 4.69) is 10.6 Å². The van der Waals surface area contributed by atoms with E-state index in [9.17, 15) is 13.2 Å². The van der Waals surface area contributed by atoms with Crippen LogP contribution in [0.4, 0.5) is 5.69 Å². The number of hydrogen-bond donors (Lipinski definition) is 2. The smallest absolute Gasteiger partial charge is 0.221 e. The molecule has 24 heavy (non-hydrogen) atoms. The van der Waals surface area contributed by atoms with Crippen molar-refractivity contribution in [2.75, 3.05) is 11.6 Å². The Balaban J connectivity index is 1.92. The number of benzene rings is 2. The standard InChI is InChI=1S/C18H22N2O3S/c1-13-10-16(6-9-18(13)24(3,22)23)12-19-11-15-4-7-17(8-5-15)20-14(2)21/h4-10,19H,11-12H2,1-3H3,(H,20,21). The Kier molecular flexibility index (Phi) is 5.75. The van der Waals surface area contributed by atoms with Gasteiger partial charge < -0.3 is 10.6 Å². The van der Waals surface area contributed by atoms with Gasteiger partial charge in [-0.05, 0) is 41.8 Å². The third kappa shape index (κ3) is 5.18. The summed E-state index contributed by atoms with van der Waals surface area (Å²) in [6.45, 7) is 4.62. The molecule has 0 aliphatic rings. The number of carbonyl (C=O) groups excluding carboxylic acids is 1. The van der Waals surface area contributed by atoms with E-state index < -0.39 is 9.84 Å². The number of nitrogens with one attached hydrogen (secondary N) is 2. The van der Waals surface area contributed by atoms with Gasteiger partial charge in [0.25, 0.3) is 0 Å². The molecule has 1 amide bonds. The molecular formula is C18H22N2O3S. The van der Waals surface area contributed by atoms with Crippen molar-refractivity contribution >= 4 is 21.4 Å². The fourth-order valence-corrected chi connectivity index (χ4v) is 3.46. The van der Waals surface area contributed by atoms with E-state index >= 15 is 0 Å². The fourth-order valence-electron chi connectivity index (χ4n) is 2.50. The molecule has 2 aromatic carbocycles. The number of anilines is 1. The average Bonchev–Trinajstić information content (AvgIpc) is 2.47. The van der Waals surface area contributed by atoms with Crippen LogP contribution in [0.2, 0.25) is 0 Å². The maximum Gasteiger partial charge on any atom is 0.221 e. The Morgan fingerprint density at radius 2 is 1.58 bits per heavy atom. The van der Waals surface area contributed by atoms with E-state index in [4.69, 9.17) is 0 Å². The predicted molar refractivity (Wildman–Crippen MR) is 95.6 cm³/mol. The van der Waals surface area contributed by atoms with Gasteiger partial charge in [0.05, 0.1) is 4.90 Å². The van der Waals surface area contributed by atoms with Crippen molar-refractivity contribution in [2.24, 2.45) is 0 Å². The number of aryl methyl sites for hydroxylation is 1. The summed E-state index contributed by atoms with van der Waals surface area (Å²) in [7, 11) is -3.18. The zero-order valence-corrected chi connectivity index (χ0v) is 14.9. The molecule has 0 saturated carbocycles. The van der Waals surface area contributed by atoms with E-state index in [0.717, 1.165) is 22.4 Å². The molecule has 0 heterocycles. The molecule has 0 radical (unpaired) electrons. The van der Waals surface area contributed by atoms with Crippen LogP contribution in [0.5, 0.6) is 0 Å². The normalized spacial score (nSPS) is 11.3. The maximum atomic E-state index is 11.6. The van der Waals surface area contributed by atoms with Crippen LogP contribution in [0.1, 0.15) is 23.6 Å². The average molecular weight is 346 g/mol. The first-order valence-corrected chi connectivity index (χ1v) is 9.51. The van der Waals surface area contributed by atoms with Gasteiger partial charge in [0.2, 0.25) is 5.91 Å². The van der Waals surface area contributed by atoms with Crippen molar-refractivity contribution in [2.45, 2.75) is 31.8 Å². The molecule has 2 N–H and O–H groups in total. The van der Waals surface area contributed by atoms with Crippen LogP contribution in [-0.4, -0.2) is 20.6 Å². The zero-order chi connectivity index (χ0) is 17.7. The number of sulfone groups is 1. The van der Waals surface area contributed by atoms with Gasteiger partial charge in [0.15, 0.2) is 9.84 Å². The van der Waals surface area contributed by atoms with Crippen molar-refractivity contribution < 1.29 is 13.2 Å². The van der Waals surface area contributed by atoms with Crippen molar-refractivity contribution in [1.82, 2.24) is 5.32 Å². The Labute approximate surface area is 143 Å². The van der Waals surface area contributed by atoms with Gasteiger partial charge in [-0.3, -0.25) is 4.79 Å². The monoisotopic (exact) mass is 346 g/mol. The van der Waals surface area contributed by atoms with Gasteiger partial charge in [0, 0.05) is 32.0 Å². The van der Waals surface area contributed by atoms with E-state index in [-0.39, 0.29) is 5.91 Å². The van der Waals surface area contributed by atoms with Crippen LogP contribution in [0.3, 0.4) is 0 Å². The highest BCUT2D eigenvalue weighted by atomic mass is 32.2. The van der Waals surface area contributed by atoms with Gasteiger partial charge in [-0.25, -0.2) is 8.42 Å². The summed E-state index contributed by atoms with van der Waals surface area (Å²) < 4.78 is 23.2. The largest absolute Gasteiger partial charge is 0.326 e. The quantitative estimate of drug-likeness (QED) is 0.843. The number of carbonyl (C=O) groups is 1. The van der Waals surface area contributed by atoms with Gasteiger partial charge in [-0.2, -0.15) is 0 Å². The molecular weight excluding hydrogens is 324 g/mol. The second-order valence-electron chi connectivity index (χ2n) is 5.85. The SMILES string of the molecule is CC(=O)Nc1ccc(CNCc2ccc(S(C)(=O)=O)c(C)c2)cc1. The molecule has 2 aromatic rings. The topological polar surface area (TPSA) is 75.3 Å². The van der Waals surface area contributed by atoms with Crippen LogP contribution < -0.4 is 10.6 Å². The lowest BCUT2D eigenvalue weighted by molar-refractivity contribution is -0.114. The molecule has 0 saturated heterocycles. The van der Waals surface area contributed by atoms with Crippen LogP contribution >= 0.6 is 0 Å². The van der Waals surface area contributed by atoms with Crippen LogP contribution in [0.25, 0.3) is 0 Å². The second kappa shape index (κ2) is 7.59. The first kappa shape index (κ1) is 18.2. The molecule has 5 nitrogen and oxygen atoms in total. The highest BCUT2D eigenvalue weighted by molar-refractivity contribution is 7.90. The molecule has 128 valence electrons. The van der Waals surface area contributed by atoms with E-state index in [1.54, 1.807) is 13.0 Å². The minimum atomic E-state index is -3.18. The molecule has 0 fully saturated rings. The van der Waals surface area contributed by atoms with Crippen LogP contribution in [-0.2, 0) is 27.7 Å². The molecule has 0 aromatic heterocycles. The summed E-state index contributed by atoms with van der Waals surface area (Å²) in [5.74, 6) is -0.0891. The molecule has 0 unspecified atom stereocenters. The van der Waals surface area contributed by atoms with Crippen molar-refractivity contribution in [3.05, 3.63) is 59.2 Å². The molecule has 2 rings (SSSR count). The minimum Gasteiger partial charge on any atom is -0.326 e. The molecule has 0 spiro atoms. The van der Waals surface area contributed by atoms with Crippen LogP contribution in [0, 0.1) is 6.92 Å². The first-order chi connectivity index (χ1) is 11.3. The summed E-state index contributed by atoms with van der Waals surface area (Å²) in [5.41, 5.74) is 3.68. The lowest BCUT2D eigenvalue weighted by Crippen LogP contribution is -2.13. The molecule has 0 aliphatic heterocycles. The third-order valence-corrected chi connectivity index (χ3v) is 4.83. The van der Waals surface area contributed by atoms with E-state index in [0.29, 0.717) is 18.0 Å². The minimum absolute atomic E-state index is 0.0891. The third-order valence-electron chi connectivity index (χ3n) is 3.57. The summed E-state index contributed by atoms with van der Waals surface area (Å²) in [6, 6.07) is 13.0. The Bertz CT molecular complexity index is 828. The van der Waals surface area contributed by atoms with E-state index in [1.165, 1.54) is 13.2 Å². The number of amides is 1. The Morgan fingerprint density at radius 1 is 1.00 bits per heavy atom. The van der Waals surface area contributed by atoms with Crippen molar-refractivity contribution in [3.63, 3.8) is 0 Å². The van der Waals surface area contributed by atoms with Gasteiger partial charge in [-0.1, -0.05) is 24.3 Å². The Morgan fingerprint density at radius 3 is 2.12 bits per heavy atom. The lowest BCUT2D eigenvalue weighted by atomic mass is 10.1. The van der Waals surface area contributed by atoms with Gasteiger partial charge in [0.1, 0.15) is 0 Å². The zero-order valence-electron chi connectivity index (χ0n) is 14.1. The summed E-state index contributed by atoms with van der Waals surface area (Å²) in [5, 5.41) is 6.06. The summed E-state index contributed by atoms with van der Waals surface area (Å²) in [6.07, 6.45) is 1.22. The number of hydrogen-bond acceptors (Lipinski definition) is 4. The summed E-state index contributed by atoms with van der Waals surface area (Å²) in [4.78, 5) is 11.4. The van der Waals surface area contributed by atoms with Crippen molar-refractivity contribution in [1.29, 1.82) is 0 Å². The summed E-state index contributed by atoms with van der Waals surface area (Å²) >= 11 is 0. The van der Waals surface area contributed by atoms with Gasteiger partial charge >= 0.3 is 0 Å². The Hall–Kier alpha value is -2.18.